The maximum Gasteiger partial charge on any atom is 0.259 e. The van der Waals surface area contributed by atoms with E-state index in [1.54, 1.807) is 25.3 Å². The van der Waals surface area contributed by atoms with Crippen molar-refractivity contribution in [2.24, 2.45) is 0 Å². The SMILES string of the molecule is COCCCn1c(CO)c(Cl)c2c3c(c(-c4ccccc4Cl)cc21)C(=O)NC3=O.[HH]. The van der Waals surface area contributed by atoms with Crippen molar-refractivity contribution in [1.29, 1.82) is 0 Å². The predicted molar refractivity (Wildman–Crippen MR) is 114 cm³/mol. The van der Waals surface area contributed by atoms with Crippen LogP contribution in [0.3, 0.4) is 0 Å². The molecular formula is C21H20Cl2N2O4. The summed E-state index contributed by atoms with van der Waals surface area (Å²) in [7, 11) is 1.62. The van der Waals surface area contributed by atoms with Gasteiger partial charge < -0.3 is 14.4 Å². The standard InChI is InChI=1S/C21H18Cl2N2O4.H2/c1-29-8-4-7-25-14-9-12(11-5-2-3-6-13(11)22)16-18(21(28)24-20(16)27)17(14)19(23)15(25)10-26;/h2-3,5-6,9,26H,4,7-8,10H2,1H3,(H,24,27,28);1H. The van der Waals surface area contributed by atoms with Crippen LogP contribution >= 0.6 is 23.2 Å². The highest BCUT2D eigenvalue weighted by Crippen LogP contribution is 2.42. The summed E-state index contributed by atoms with van der Waals surface area (Å²) >= 11 is 13.0. The van der Waals surface area contributed by atoms with Crippen molar-refractivity contribution in [1.82, 2.24) is 9.88 Å². The number of nitrogens with one attached hydrogen (secondary N) is 1. The lowest BCUT2D eigenvalue weighted by atomic mass is 9.94. The number of rotatable bonds is 6. The number of amides is 2. The van der Waals surface area contributed by atoms with E-state index < -0.39 is 11.8 Å². The van der Waals surface area contributed by atoms with Crippen LogP contribution in [0, 0.1) is 0 Å². The van der Waals surface area contributed by atoms with Crippen LogP contribution in [0.25, 0.3) is 22.0 Å². The molecule has 0 unspecified atom stereocenters. The highest BCUT2D eigenvalue weighted by atomic mass is 35.5. The molecular weight excluding hydrogens is 415 g/mol. The van der Waals surface area contributed by atoms with Gasteiger partial charge in [0, 0.05) is 37.7 Å². The van der Waals surface area contributed by atoms with Crippen molar-refractivity contribution < 1.29 is 20.9 Å². The van der Waals surface area contributed by atoms with Crippen molar-refractivity contribution in [2.45, 2.75) is 19.6 Å². The number of fused-ring (bicyclic) bond motifs is 3. The van der Waals surface area contributed by atoms with Gasteiger partial charge in [-0.05, 0) is 24.1 Å². The van der Waals surface area contributed by atoms with Crippen LogP contribution in [0.2, 0.25) is 10.0 Å². The molecule has 0 spiro atoms. The van der Waals surface area contributed by atoms with E-state index in [1.807, 2.05) is 16.7 Å². The Balaban J connectivity index is 0.00000256. The smallest absolute Gasteiger partial charge is 0.259 e. The first-order valence-corrected chi connectivity index (χ1v) is 9.83. The first-order chi connectivity index (χ1) is 14.0. The summed E-state index contributed by atoms with van der Waals surface area (Å²) in [5, 5.41) is 13.5. The zero-order chi connectivity index (χ0) is 20.7. The van der Waals surface area contributed by atoms with E-state index in [1.165, 1.54) is 0 Å². The van der Waals surface area contributed by atoms with Gasteiger partial charge >= 0.3 is 0 Å². The number of hydrogen-bond acceptors (Lipinski definition) is 4. The van der Waals surface area contributed by atoms with E-state index >= 15 is 0 Å². The van der Waals surface area contributed by atoms with E-state index in [0.717, 1.165) is 0 Å². The Hall–Kier alpha value is -2.38. The Labute approximate surface area is 178 Å². The van der Waals surface area contributed by atoms with E-state index in [0.29, 0.717) is 52.3 Å². The number of hydrogen-bond donors (Lipinski definition) is 2. The third kappa shape index (κ3) is 3.13. The van der Waals surface area contributed by atoms with Crippen LogP contribution in [0.1, 0.15) is 34.3 Å². The molecule has 2 aromatic carbocycles. The lowest BCUT2D eigenvalue weighted by Crippen LogP contribution is -2.20. The van der Waals surface area contributed by atoms with Gasteiger partial charge in [-0.3, -0.25) is 14.9 Å². The first kappa shape index (κ1) is 19.9. The molecule has 0 saturated carbocycles. The summed E-state index contributed by atoms with van der Waals surface area (Å²) in [6.45, 7) is 0.763. The van der Waals surface area contributed by atoms with Crippen LogP contribution in [0.15, 0.2) is 30.3 Å². The van der Waals surface area contributed by atoms with Crippen LogP contribution in [0.4, 0.5) is 0 Å². The lowest BCUT2D eigenvalue weighted by Gasteiger charge is -2.13. The molecule has 0 saturated heterocycles. The minimum Gasteiger partial charge on any atom is -0.390 e. The Morgan fingerprint density at radius 2 is 1.86 bits per heavy atom. The molecule has 2 N–H and O–H groups in total. The van der Waals surface area contributed by atoms with Crippen molar-refractivity contribution in [2.75, 3.05) is 13.7 Å². The molecule has 0 bridgehead atoms. The van der Waals surface area contributed by atoms with E-state index in [4.69, 9.17) is 27.9 Å². The van der Waals surface area contributed by atoms with Crippen molar-refractivity contribution >= 4 is 45.9 Å². The van der Waals surface area contributed by atoms with Crippen molar-refractivity contribution in [3.05, 3.63) is 57.2 Å². The van der Waals surface area contributed by atoms with Crippen LogP contribution in [-0.4, -0.2) is 35.2 Å². The monoisotopic (exact) mass is 434 g/mol. The van der Waals surface area contributed by atoms with E-state index in [-0.39, 0.29) is 24.2 Å². The molecule has 1 aromatic heterocycles. The quantitative estimate of drug-likeness (QED) is 0.448. The fourth-order valence-electron chi connectivity index (χ4n) is 3.87. The minimum absolute atomic E-state index is 0. The maximum absolute atomic E-state index is 12.7. The molecule has 2 heterocycles. The summed E-state index contributed by atoms with van der Waals surface area (Å²) in [5.41, 5.74) is 2.80. The summed E-state index contributed by atoms with van der Waals surface area (Å²) < 4.78 is 7.00. The molecule has 1 aliphatic rings. The van der Waals surface area contributed by atoms with Crippen molar-refractivity contribution in [3.63, 3.8) is 0 Å². The zero-order valence-corrected chi connectivity index (χ0v) is 17.1. The number of aliphatic hydroxyl groups excluding tert-OH is 1. The van der Waals surface area contributed by atoms with Gasteiger partial charge in [0.05, 0.1) is 34.0 Å². The normalized spacial score (nSPS) is 13.2. The Morgan fingerprint density at radius 3 is 2.55 bits per heavy atom. The average Bonchev–Trinajstić information content (AvgIpc) is 3.15. The number of aliphatic hydroxyl groups is 1. The Morgan fingerprint density at radius 1 is 1.14 bits per heavy atom. The molecule has 152 valence electrons. The number of aryl methyl sites for hydroxylation is 1. The predicted octanol–water partition coefficient (Wildman–Crippen LogP) is 4.27. The summed E-state index contributed by atoms with van der Waals surface area (Å²) in [6, 6.07) is 8.95. The lowest BCUT2D eigenvalue weighted by molar-refractivity contribution is 0.0880. The summed E-state index contributed by atoms with van der Waals surface area (Å²) in [5.74, 6) is -1.00. The molecule has 0 fully saturated rings. The van der Waals surface area contributed by atoms with Crippen molar-refractivity contribution in [3.8, 4) is 11.1 Å². The summed E-state index contributed by atoms with van der Waals surface area (Å²) in [4.78, 5) is 25.3. The van der Waals surface area contributed by atoms with Gasteiger partial charge in [-0.25, -0.2) is 0 Å². The first-order valence-electron chi connectivity index (χ1n) is 9.07. The second-order valence-corrected chi connectivity index (χ2v) is 7.53. The number of benzene rings is 2. The van der Waals surface area contributed by atoms with Crippen LogP contribution in [0.5, 0.6) is 0 Å². The number of carbonyl (C=O) groups is 2. The maximum atomic E-state index is 12.7. The topological polar surface area (TPSA) is 80.6 Å². The van der Waals surface area contributed by atoms with Gasteiger partial charge in [-0.15, -0.1) is 0 Å². The third-order valence-electron chi connectivity index (χ3n) is 5.12. The van der Waals surface area contributed by atoms with E-state index in [9.17, 15) is 14.7 Å². The average molecular weight is 435 g/mol. The highest BCUT2D eigenvalue weighted by Gasteiger charge is 2.35. The minimum atomic E-state index is -0.510. The number of methoxy groups -OCH3 is 1. The number of halogens is 2. The van der Waals surface area contributed by atoms with Gasteiger partial charge in [-0.2, -0.15) is 0 Å². The Kier molecular flexibility index (Phi) is 5.36. The molecule has 0 radical (unpaired) electrons. The Bertz CT molecular complexity index is 1160. The number of nitrogens with zero attached hydrogens (tertiary/aromatic N) is 1. The number of aromatic nitrogens is 1. The molecule has 8 heteroatoms. The fraction of sp³-hybridized carbons (Fsp3) is 0.238. The highest BCUT2D eigenvalue weighted by molar-refractivity contribution is 6.40. The number of imide groups is 1. The van der Waals surface area contributed by atoms with Gasteiger partial charge in [0.25, 0.3) is 11.8 Å². The van der Waals surface area contributed by atoms with Crippen LogP contribution in [-0.2, 0) is 17.9 Å². The van der Waals surface area contributed by atoms with Gasteiger partial charge in [-0.1, -0.05) is 41.4 Å². The fourth-order valence-corrected chi connectivity index (χ4v) is 4.46. The molecule has 1 aliphatic heterocycles. The molecule has 6 nitrogen and oxygen atoms in total. The number of carbonyl (C=O) groups excluding carboxylic acids is 2. The zero-order valence-electron chi connectivity index (χ0n) is 15.6. The molecule has 29 heavy (non-hydrogen) atoms. The van der Waals surface area contributed by atoms with E-state index in [2.05, 4.69) is 5.32 Å². The second kappa shape index (κ2) is 7.80. The summed E-state index contributed by atoms with van der Waals surface area (Å²) in [6.07, 6.45) is 0.688. The van der Waals surface area contributed by atoms with Gasteiger partial charge in [0.15, 0.2) is 0 Å². The molecule has 0 atom stereocenters. The number of ether oxygens (including phenoxy) is 1. The molecule has 0 aliphatic carbocycles. The third-order valence-corrected chi connectivity index (χ3v) is 5.86. The largest absolute Gasteiger partial charge is 0.390 e. The van der Waals surface area contributed by atoms with Gasteiger partial charge in [0.2, 0.25) is 0 Å². The van der Waals surface area contributed by atoms with Crippen LogP contribution < -0.4 is 5.32 Å². The molecule has 3 aromatic rings. The molecule has 2 amide bonds. The van der Waals surface area contributed by atoms with Gasteiger partial charge in [0.1, 0.15) is 0 Å². The second-order valence-electron chi connectivity index (χ2n) is 6.75. The molecule has 4 rings (SSSR count).